The Balaban J connectivity index is 3.76. The molecule has 0 amide bonds. The standard InChI is InChI=1S/C25H49NO4/c1-6-7-8-9-10-11-12-13-14-17-22(2)18-15-16-19-25(29)30-23(20-24(27)28)21-26(3,4)5/h22-23H,6-21H2,1-5H3. The van der Waals surface area contributed by atoms with E-state index in [9.17, 15) is 14.7 Å². The maximum Gasteiger partial charge on any atom is 0.306 e. The molecule has 0 aromatic carbocycles. The summed E-state index contributed by atoms with van der Waals surface area (Å²) in [5.41, 5.74) is 0. The Hall–Kier alpha value is -1.10. The molecule has 2 atom stereocenters. The zero-order valence-corrected chi connectivity index (χ0v) is 20.5. The van der Waals surface area contributed by atoms with Crippen LogP contribution in [0.15, 0.2) is 0 Å². The first-order valence-electron chi connectivity index (χ1n) is 12.3. The SMILES string of the molecule is CCCCCCCCCCCC(C)CCCCC(=O)OC(CC(=O)[O-])C[N+](C)(C)C. The highest BCUT2D eigenvalue weighted by molar-refractivity contribution is 5.70. The summed E-state index contributed by atoms with van der Waals surface area (Å²) in [6.45, 7) is 5.03. The lowest BCUT2D eigenvalue weighted by Crippen LogP contribution is -2.45. The molecule has 0 aromatic heterocycles. The summed E-state index contributed by atoms with van der Waals surface area (Å²) in [6, 6.07) is 0. The minimum atomic E-state index is -1.17. The number of likely N-dealkylation sites (N-methyl/N-ethyl adjacent to an activating group) is 1. The fourth-order valence-electron chi connectivity index (χ4n) is 3.90. The second-order valence-corrected chi connectivity index (χ2v) is 10.1. The average Bonchev–Trinajstić information content (AvgIpc) is 2.62. The number of carbonyl (C=O) groups excluding carboxylic acids is 2. The van der Waals surface area contributed by atoms with Gasteiger partial charge in [0.15, 0.2) is 6.10 Å². The summed E-state index contributed by atoms with van der Waals surface area (Å²) in [7, 11) is 5.85. The fraction of sp³-hybridized carbons (Fsp3) is 0.920. The molecule has 5 heteroatoms. The third-order valence-corrected chi connectivity index (χ3v) is 5.57. The van der Waals surface area contributed by atoms with Gasteiger partial charge in [-0.25, -0.2) is 0 Å². The van der Waals surface area contributed by atoms with Crippen LogP contribution < -0.4 is 5.11 Å². The van der Waals surface area contributed by atoms with Gasteiger partial charge in [0, 0.05) is 18.8 Å². The van der Waals surface area contributed by atoms with Crippen molar-refractivity contribution in [1.29, 1.82) is 0 Å². The van der Waals surface area contributed by atoms with E-state index in [2.05, 4.69) is 13.8 Å². The maximum atomic E-state index is 12.1. The van der Waals surface area contributed by atoms with Gasteiger partial charge in [-0.2, -0.15) is 0 Å². The van der Waals surface area contributed by atoms with Gasteiger partial charge in [-0.3, -0.25) is 4.79 Å². The molecular formula is C25H49NO4. The van der Waals surface area contributed by atoms with Crippen LogP contribution in [0.1, 0.15) is 110 Å². The molecule has 0 spiro atoms. The van der Waals surface area contributed by atoms with E-state index in [1.54, 1.807) is 0 Å². The monoisotopic (exact) mass is 427 g/mol. The molecule has 0 aromatic rings. The lowest BCUT2D eigenvalue weighted by Gasteiger charge is -2.29. The van der Waals surface area contributed by atoms with Crippen LogP contribution in [0.4, 0.5) is 0 Å². The minimum Gasteiger partial charge on any atom is -0.550 e. The van der Waals surface area contributed by atoms with Crippen molar-refractivity contribution in [3.8, 4) is 0 Å². The molecule has 0 aliphatic heterocycles. The van der Waals surface area contributed by atoms with Gasteiger partial charge in [-0.15, -0.1) is 0 Å². The molecule has 0 bridgehead atoms. The number of aliphatic carboxylic acids is 1. The van der Waals surface area contributed by atoms with Crippen LogP contribution in [0.25, 0.3) is 0 Å². The van der Waals surface area contributed by atoms with Crippen molar-refractivity contribution in [3.63, 3.8) is 0 Å². The number of hydrogen-bond donors (Lipinski definition) is 0. The molecule has 0 heterocycles. The van der Waals surface area contributed by atoms with Crippen LogP contribution in [-0.4, -0.2) is 50.2 Å². The first kappa shape index (κ1) is 28.9. The first-order chi connectivity index (χ1) is 14.1. The van der Waals surface area contributed by atoms with Crippen molar-refractivity contribution in [2.75, 3.05) is 27.7 Å². The summed E-state index contributed by atoms with van der Waals surface area (Å²) in [5.74, 6) is -0.762. The van der Waals surface area contributed by atoms with Gasteiger partial charge < -0.3 is 19.1 Å². The third-order valence-electron chi connectivity index (χ3n) is 5.57. The second-order valence-electron chi connectivity index (χ2n) is 10.1. The Morgan fingerprint density at radius 3 is 1.83 bits per heavy atom. The molecule has 30 heavy (non-hydrogen) atoms. The quantitative estimate of drug-likeness (QED) is 0.158. The van der Waals surface area contributed by atoms with Crippen molar-refractivity contribution in [2.24, 2.45) is 5.92 Å². The highest BCUT2D eigenvalue weighted by Crippen LogP contribution is 2.18. The fourth-order valence-corrected chi connectivity index (χ4v) is 3.90. The van der Waals surface area contributed by atoms with E-state index in [0.29, 0.717) is 23.4 Å². The number of quaternary nitrogens is 1. The molecule has 0 aliphatic carbocycles. The Labute approximate surface area is 186 Å². The first-order valence-corrected chi connectivity index (χ1v) is 12.3. The number of rotatable bonds is 20. The molecule has 0 radical (unpaired) electrons. The number of ether oxygens (including phenoxy) is 1. The molecule has 0 aliphatic rings. The van der Waals surface area contributed by atoms with Crippen molar-refractivity contribution in [3.05, 3.63) is 0 Å². The maximum absolute atomic E-state index is 12.1. The van der Waals surface area contributed by atoms with Gasteiger partial charge in [0.2, 0.25) is 0 Å². The smallest absolute Gasteiger partial charge is 0.306 e. The Kier molecular flexibility index (Phi) is 16.9. The average molecular weight is 428 g/mol. The third kappa shape index (κ3) is 20.2. The Bertz CT molecular complexity index is 445. The van der Waals surface area contributed by atoms with E-state index in [-0.39, 0.29) is 12.4 Å². The number of carboxylic acids is 1. The molecule has 0 saturated carbocycles. The van der Waals surface area contributed by atoms with Crippen molar-refractivity contribution >= 4 is 11.9 Å². The summed E-state index contributed by atoms with van der Waals surface area (Å²) in [6.07, 6.45) is 16.1. The summed E-state index contributed by atoms with van der Waals surface area (Å²) < 4.78 is 5.95. The van der Waals surface area contributed by atoms with E-state index >= 15 is 0 Å². The highest BCUT2D eigenvalue weighted by atomic mass is 16.5. The lowest BCUT2D eigenvalue weighted by atomic mass is 9.96. The van der Waals surface area contributed by atoms with Crippen LogP contribution in [0.5, 0.6) is 0 Å². The number of carbonyl (C=O) groups is 2. The van der Waals surface area contributed by atoms with Gasteiger partial charge in [0.1, 0.15) is 6.54 Å². The molecule has 2 unspecified atom stereocenters. The zero-order valence-electron chi connectivity index (χ0n) is 20.5. The van der Waals surface area contributed by atoms with Gasteiger partial charge in [-0.1, -0.05) is 90.9 Å². The zero-order chi connectivity index (χ0) is 22.8. The van der Waals surface area contributed by atoms with Gasteiger partial charge in [0.25, 0.3) is 0 Å². The van der Waals surface area contributed by atoms with E-state index in [1.807, 2.05) is 21.1 Å². The molecule has 0 N–H and O–H groups in total. The summed E-state index contributed by atoms with van der Waals surface area (Å²) in [4.78, 5) is 23.0. The van der Waals surface area contributed by atoms with Gasteiger partial charge in [-0.05, 0) is 12.3 Å². The molecule has 0 fully saturated rings. The number of hydrogen-bond acceptors (Lipinski definition) is 4. The molecule has 0 saturated heterocycles. The highest BCUT2D eigenvalue weighted by Gasteiger charge is 2.22. The van der Waals surface area contributed by atoms with E-state index in [1.165, 1.54) is 64.2 Å². The molecule has 178 valence electrons. The van der Waals surface area contributed by atoms with Gasteiger partial charge in [0.05, 0.1) is 21.1 Å². The van der Waals surface area contributed by atoms with Crippen LogP contribution >= 0.6 is 0 Å². The number of esters is 1. The topological polar surface area (TPSA) is 66.4 Å². The lowest BCUT2D eigenvalue weighted by molar-refractivity contribution is -0.873. The van der Waals surface area contributed by atoms with Crippen molar-refractivity contribution in [2.45, 2.75) is 116 Å². The van der Waals surface area contributed by atoms with Crippen LogP contribution in [-0.2, 0) is 14.3 Å². The predicted octanol–water partition coefficient (Wildman–Crippen LogP) is 4.86. The van der Waals surface area contributed by atoms with Crippen molar-refractivity contribution < 1.29 is 23.9 Å². The van der Waals surface area contributed by atoms with Gasteiger partial charge >= 0.3 is 5.97 Å². The number of carboxylic acid groups (broad SMARTS) is 1. The number of unbranched alkanes of at least 4 members (excludes halogenated alkanes) is 9. The minimum absolute atomic E-state index is 0.239. The Morgan fingerprint density at radius 1 is 0.833 bits per heavy atom. The van der Waals surface area contributed by atoms with E-state index in [4.69, 9.17) is 4.74 Å². The van der Waals surface area contributed by atoms with Crippen LogP contribution in [0.3, 0.4) is 0 Å². The van der Waals surface area contributed by atoms with Crippen molar-refractivity contribution in [1.82, 2.24) is 0 Å². The predicted molar refractivity (Wildman–Crippen MR) is 122 cm³/mol. The normalized spacial score (nSPS) is 13.8. The number of nitrogens with zero attached hydrogens (tertiary/aromatic N) is 1. The van der Waals surface area contributed by atoms with E-state index in [0.717, 1.165) is 19.3 Å². The van der Waals surface area contributed by atoms with Crippen LogP contribution in [0.2, 0.25) is 0 Å². The molecular weight excluding hydrogens is 378 g/mol. The largest absolute Gasteiger partial charge is 0.550 e. The second kappa shape index (κ2) is 17.6. The Morgan fingerprint density at radius 2 is 1.33 bits per heavy atom. The van der Waals surface area contributed by atoms with Crippen LogP contribution in [0, 0.1) is 5.92 Å². The summed E-state index contributed by atoms with van der Waals surface area (Å²) in [5, 5.41) is 10.9. The molecule has 5 nitrogen and oxygen atoms in total. The molecule has 0 rings (SSSR count). The summed E-state index contributed by atoms with van der Waals surface area (Å²) >= 11 is 0. The van der Waals surface area contributed by atoms with E-state index < -0.39 is 12.1 Å².